The Morgan fingerprint density at radius 2 is 1.96 bits per heavy atom. The Labute approximate surface area is 150 Å². The van der Waals surface area contributed by atoms with Gasteiger partial charge in [-0.05, 0) is 42.0 Å². The number of rotatable bonds is 6. The van der Waals surface area contributed by atoms with E-state index in [-0.39, 0.29) is 18.1 Å². The molecule has 1 heterocycles. The van der Waals surface area contributed by atoms with Crippen LogP contribution in [0.1, 0.15) is 5.56 Å². The number of methoxy groups -OCH3 is 1. The monoisotopic (exact) mass is 351 g/mol. The molecule has 0 saturated heterocycles. The first-order chi connectivity index (χ1) is 12.6. The van der Waals surface area contributed by atoms with Crippen molar-refractivity contribution in [3.8, 4) is 23.1 Å². The predicted octanol–water partition coefficient (Wildman–Crippen LogP) is 3.16. The molecule has 3 aromatic rings. The summed E-state index contributed by atoms with van der Waals surface area (Å²) in [7, 11) is 1.46. The van der Waals surface area contributed by atoms with Crippen molar-refractivity contribution in [3.63, 3.8) is 0 Å². The highest BCUT2D eigenvalue weighted by Gasteiger charge is 2.08. The average molecular weight is 351 g/mol. The van der Waals surface area contributed by atoms with E-state index in [0.717, 1.165) is 5.56 Å². The van der Waals surface area contributed by atoms with Crippen molar-refractivity contribution in [1.82, 2.24) is 9.97 Å². The Kier molecular flexibility index (Phi) is 5.28. The molecule has 3 rings (SSSR count). The van der Waals surface area contributed by atoms with Crippen LogP contribution in [-0.2, 0) is 11.2 Å². The fourth-order valence-electron chi connectivity index (χ4n) is 2.29. The van der Waals surface area contributed by atoms with Crippen molar-refractivity contribution in [2.24, 2.45) is 0 Å². The molecule has 0 fully saturated rings. The van der Waals surface area contributed by atoms with Crippen molar-refractivity contribution in [2.45, 2.75) is 6.42 Å². The van der Waals surface area contributed by atoms with Crippen LogP contribution in [0.15, 0.2) is 61.1 Å². The highest BCUT2D eigenvalue weighted by molar-refractivity contribution is 5.92. The summed E-state index contributed by atoms with van der Waals surface area (Å²) in [4.78, 5) is 20.0. The van der Waals surface area contributed by atoms with Crippen LogP contribution >= 0.6 is 0 Å². The molecule has 0 saturated carbocycles. The third kappa shape index (κ3) is 4.47. The normalized spacial score (nSPS) is 10.2. The summed E-state index contributed by atoms with van der Waals surface area (Å²) in [6.07, 6.45) is 3.16. The number of phenols is 1. The summed E-state index contributed by atoms with van der Waals surface area (Å²) in [6, 6.07) is 13.4. The number of hydrogen-bond donors (Lipinski definition) is 2. The molecule has 0 unspecified atom stereocenters. The fraction of sp³-hybridized carbons (Fsp3) is 0.105. The van der Waals surface area contributed by atoms with Gasteiger partial charge in [0.1, 0.15) is 12.1 Å². The molecule has 0 atom stereocenters. The van der Waals surface area contributed by atoms with Gasteiger partial charge in [-0.2, -0.15) is 0 Å². The van der Waals surface area contributed by atoms with Crippen LogP contribution in [0.5, 0.6) is 23.1 Å². The smallest absolute Gasteiger partial charge is 0.228 e. The van der Waals surface area contributed by atoms with Gasteiger partial charge in [-0.25, -0.2) is 9.97 Å². The van der Waals surface area contributed by atoms with Gasteiger partial charge in [0, 0.05) is 18.0 Å². The minimum Gasteiger partial charge on any atom is -0.504 e. The zero-order valence-electron chi connectivity index (χ0n) is 14.0. The van der Waals surface area contributed by atoms with Gasteiger partial charge in [-0.15, -0.1) is 0 Å². The number of anilines is 1. The Morgan fingerprint density at radius 3 is 2.65 bits per heavy atom. The van der Waals surface area contributed by atoms with Gasteiger partial charge < -0.3 is 19.9 Å². The molecular weight excluding hydrogens is 334 g/mol. The Bertz CT molecular complexity index is 883. The van der Waals surface area contributed by atoms with Crippen LogP contribution in [0, 0.1) is 0 Å². The van der Waals surface area contributed by atoms with E-state index in [9.17, 15) is 9.90 Å². The Morgan fingerprint density at radius 1 is 1.15 bits per heavy atom. The van der Waals surface area contributed by atoms with Gasteiger partial charge in [-0.3, -0.25) is 4.79 Å². The number of hydrogen-bond acceptors (Lipinski definition) is 6. The third-order valence-corrected chi connectivity index (χ3v) is 3.52. The van der Waals surface area contributed by atoms with E-state index in [0.29, 0.717) is 23.1 Å². The first-order valence-electron chi connectivity index (χ1n) is 7.84. The first kappa shape index (κ1) is 17.2. The van der Waals surface area contributed by atoms with E-state index in [1.165, 1.54) is 19.5 Å². The van der Waals surface area contributed by atoms with E-state index >= 15 is 0 Å². The zero-order chi connectivity index (χ0) is 18.4. The number of ether oxygens (including phenoxy) is 2. The lowest BCUT2D eigenvalue weighted by Gasteiger charge is -2.09. The molecule has 132 valence electrons. The van der Waals surface area contributed by atoms with Gasteiger partial charge in [-0.1, -0.05) is 6.07 Å². The minimum atomic E-state index is -0.179. The van der Waals surface area contributed by atoms with E-state index in [2.05, 4.69) is 15.3 Å². The molecule has 0 spiro atoms. The van der Waals surface area contributed by atoms with Gasteiger partial charge in [0.05, 0.1) is 13.5 Å². The van der Waals surface area contributed by atoms with Crippen molar-refractivity contribution >= 4 is 11.6 Å². The number of carbonyl (C=O) groups excluding carboxylic acids is 1. The number of amides is 1. The number of aromatic nitrogens is 2. The Balaban J connectivity index is 1.59. The summed E-state index contributed by atoms with van der Waals surface area (Å²) >= 11 is 0. The molecule has 7 nitrogen and oxygen atoms in total. The van der Waals surface area contributed by atoms with E-state index < -0.39 is 0 Å². The maximum absolute atomic E-state index is 12.2. The van der Waals surface area contributed by atoms with E-state index in [4.69, 9.17) is 9.47 Å². The number of aromatic hydroxyl groups is 1. The second kappa shape index (κ2) is 7.98. The summed E-state index contributed by atoms with van der Waals surface area (Å²) in [5, 5.41) is 12.4. The second-order valence-electron chi connectivity index (χ2n) is 5.41. The van der Waals surface area contributed by atoms with Crippen LogP contribution in [-0.4, -0.2) is 28.1 Å². The molecule has 1 aromatic heterocycles. The van der Waals surface area contributed by atoms with Gasteiger partial charge in [0.15, 0.2) is 11.5 Å². The lowest BCUT2D eigenvalue weighted by atomic mass is 10.1. The molecule has 0 aliphatic heterocycles. The molecule has 2 aromatic carbocycles. The Hall–Kier alpha value is -3.61. The number of nitrogens with one attached hydrogen (secondary N) is 1. The van der Waals surface area contributed by atoms with Gasteiger partial charge in [0.25, 0.3) is 0 Å². The molecular formula is C19H17N3O4. The maximum Gasteiger partial charge on any atom is 0.228 e. The SMILES string of the molecule is COc1cc(CC(=O)Nc2ccc(Oc3ccncn3)cc2)ccc1O. The maximum atomic E-state index is 12.2. The molecule has 0 aliphatic rings. The molecule has 1 amide bonds. The van der Waals surface area contributed by atoms with Crippen LogP contribution in [0.3, 0.4) is 0 Å². The highest BCUT2D eigenvalue weighted by Crippen LogP contribution is 2.26. The molecule has 7 heteroatoms. The molecule has 0 bridgehead atoms. The largest absolute Gasteiger partial charge is 0.504 e. The highest BCUT2D eigenvalue weighted by atomic mass is 16.5. The number of carbonyl (C=O) groups is 1. The second-order valence-corrected chi connectivity index (χ2v) is 5.41. The summed E-state index contributed by atoms with van der Waals surface area (Å²) in [5.74, 6) is 1.24. The molecule has 0 aliphatic carbocycles. The van der Waals surface area contributed by atoms with Crippen molar-refractivity contribution in [2.75, 3.05) is 12.4 Å². The molecule has 0 radical (unpaired) electrons. The van der Waals surface area contributed by atoms with Crippen molar-refractivity contribution < 1.29 is 19.4 Å². The van der Waals surface area contributed by atoms with Crippen LogP contribution in [0.2, 0.25) is 0 Å². The quantitative estimate of drug-likeness (QED) is 0.708. The summed E-state index contributed by atoms with van der Waals surface area (Å²) < 4.78 is 10.6. The zero-order valence-corrected chi connectivity index (χ0v) is 14.0. The van der Waals surface area contributed by atoms with Gasteiger partial charge >= 0.3 is 0 Å². The predicted molar refractivity (Wildman–Crippen MR) is 95.5 cm³/mol. The number of phenolic OH excluding ortho intramolecular Hbond substituents is 1. The van der Waals surface area contributed by atoms with Crippen LogP contribution < -0.4 is 14.8 Å². The van der Waals surface area contributed by atoms with Crippen molar-refractivity contribution in [1.29, 1.82) is 0 Å². The van der Waals surface area contributed by atoms with Crippen molar-refractivity contribution in [3.05, 3.63) is 66.6 Å². The lowest BCUT2D eigenvalue weighted by Crippen LogP contribution is -2.14. The van der Waals surface area contributed by atoms with E-state index in [1.807, 2.05) is 0 Å². The van der Waals surface area contributed by atoms with Crippen LogP contribution in [0.4, 0.5) is 5.69 Å². The van der Waals surface area contributed by atoms with E-state index in [1.54, 1.807) is 48.7 Å². The number of nitrogens with zero attached hydrogens (tertiary/aromatic N) is 2. The minimum absolute atomic E-state index is 0.0379. The lowest BCUT2D eigenvalue weighted by molar-refractivity contribution is -0.115. The topological polar surface area (TPSA) is 93.6 Å². The van der Waals surface area contributed by atoms with Gasteiger partial charge in [0.2, 0.25) is 11.8 Å². The molecule has 26 heavy (non-hydrogen) atoms. The fourth-order valence-corrected chi connectivity index (χ4v) is 2.29. The standard InChI is InChI=1S/C19H17N3O4/c1-25-17-10-13(2-7-16(17)23)11-18(24)22-14-3-5-15(6-4-14)26-19-8-9-20-12-21-19/h2-10,12,23H,11H2,1H3,(H,22,24). The van der Waals surface area contributed by atoms with Crippen LogP contribution in [0.25, 0.3) is 0 Å². The molecule has 2 N–H and O–H groups in total. The average Bonchev–Trinajstić information content (AvgIpc) is 2.66. The third-order valence-electron chi connectivity index (χ3n) is 3.52. The first-order valence-corrected chi connectivity index (χ1v) is 7.84. The summed E-state index contributed by atoms with van der Waals surface area (Å²) in [5.41, 5.74) is 1.39. The number of benzene rings is 2. The summed E-state index contributed by atoms with van der Waals surface area (Å²) in [6.45, 7) is 0.